The number of pyridine rings is 1. The highest BCUT2D eigenvalue weighted by atomic mass is 19.3. The Kier molecular flexibility index (Phi) is 6.82. The van der Waals surface area contributed by atoms with Crippen molar-refractivity contribution in [3.05, 3.63) is 41.7 Å². The van der Waals surface area contributed by atoms with Crippen LogP contribution in [0.4, 0.5) is 26.0 Å². The number of fused-ring (bicyclic) bond motifs is 1. The van der Waals surface area contributed by atoms with Gasteiger partial charge in [-0.15, -0.1) is 0 Å². The zero-order valence-corrected chi connectivity index (χ0v) is 22.4. The number of anilines is 3. The summed E-state index contributed by atoms with van der Waals surface area (Å²) in [6.45, 7) is 4.10. The molecule has 3 aromatic heterocycles. The SMILES string of the molecule is COc1c(Nc2cc(NC(=O)C3CC3)nc3c2nc(C(F)F)n3C2CCCCO2)cccc1-n1nc(C)nc1C. The number of methoxy groups -OCH3 is 1. The van der Waals surface area contributed by atoms with Gasteiger partial charge in [-0.1, -0.05) is 6.07 Å². The molecule has 1 aromatic carbocycles. The van der Waals surface area contributed by atoms with Gasteiger partial charge in [0.25, 0.3) is 6.43 Å². The largest absolute Gasteiger partial charge is 0.492 e. The van der Waals surface area contributed by atoms with Crippen LogP contribution in [0.15, 0.2) is 24.3 Å². The van der Waals surface area contributed by atoms with Gasteiger partial charge >= 0.3 is 0 Å². The normalized spacial score (nSPS) is 17.4. The molecule has 1 saturated heterocycles. The summed E-state index contributed by atoms with van der Waals surface area (Å²) in [5, 5.41) is 10.6. The van der Waals surface area contributed by atoms with E-state index in [1.54, 1.807) is 23.7 Å². The topological polar surface area (TPSA) is 121 Å². The van der Waals surface area contributed by atoms with E-state index >= 15 is 0 Å². The molecule has 1 saturated carbocycles. The van der Waals surface area contributed by atoms with E-state index in [2.05, 4.69) is 30.7 Å². The minimum Gasteiger partial charge on any atom is -0.492 e. The Morgan fingerprint density at radius 3 is 2.60 bits per heavy atom. The highest BCUT2D eigenvalue weighted by molar-refractivity contribution is 5.97. The molecular formula is C27H30F2N8O3. The van der Waals surface area contributed by atoms with Crippen LogP contribution < -0.4 is 15.4 Å². The molecule has 0 spiro atoms. The van der Waals surface area contributed by atoms with Crippen molar-refractivity contribution < 1.29 is 23.0 Å². The van der Waals surface area contributed by atoms with Crippen LogP contribution in [0.1, 0.15) is 62.2 Å². The second-order valence-corrected chi connectivity index (χ2v) is 10.1. The third kappa shape index (κ3) is 4.85. The molecule has 4 aromatic rings. The average Bonchev–Trinajstić information content (AvgIpc) is 3.64. The number of rotatable bonds is 8. The fourth-order valence-corrected chi connectivity index (χ4v) is 5.08. The molecule has 6 rings (SSSR count). The highest BCUT2D eigenvalue weighted by Crippen LogP contribution is 2.39. The lowest BCUT2D eigenvalue weighted by atomic mass is 10.2. The molecule has 1 amide bonds. The minimum atomic E-state index is -2.85. The number of alkyl halides is 2. The van der Waals surface area contributed by atoms with E-state index in [0.29, 0.717) is 47.5 Å². The summed E-state index contributed by atoms with van der Waals surface area (Å²) in [7, 11) is 1.54. The van der Waals surface area contributed by atoms with Crippen molar-refractivity contribution in [3.8, 4) is 11.4 Å². The molecule has 2 N–H and O–H groups in total. The number of benzene rings is 1. The smallest absolute Gasteiger partial charge is 0.295 e. The molecular weight excluding hydrogens is 522 g/mol. The summed E-state index contributed by atoms with van der Waals surface area (Å²) in [5.41, 5.74) is 2.01. The Labute approximate surface area is 228 Å². The molecule has 0 bridgehead atoms. The standard InChI is InChI=1S/C27H30F2N8O3/c1-14-30-15(2)37(35-14)19-8-6-7-17(23(19)39-3)31-18-13-20(33-27(38)16-10-11-16)32-25-22(18)34-26(24(28)29)36(25)21-9-4-5-12-40-21/h6-8,13,16,21,24H,4-5,9-12H2,1-3H3,(H2,31,32,33,38). The third-order valence-corrected chi connectivity index (χ3v) is 7.08. The first-order valence-electron chi connectivity index (χ1n) is 13.3. The van der Waals surface area contributed by atoms with Gasteiger partial charge in [0.2, 0.25) is 5.91 Å². The maximum atomic E-state index is 14.3. The van der Waals surface area contributed by atoms with Gasteiger partial charge in [-0.05, 0) is 58.1 Å². The fourth-order valence-electron chi connectivity index (χ4n) is 5.08. The second kappa shape index (κ2) is 10.5. The molecule has 0 radical (unpaired) electrons. The third-order valence-electron chi connectivity index (χ3n) is 7.08. The van der Waals surface area contributed by atoms with E-state index < -0.39 is 18.5 Å². The minimum absolute atomic E-state index is 0.0664. The zero-order chi connectivity index (χ0) is 28.0. The average molecular weight is 553 g/mol. The maximum absolute atomic E-state index is 14.3. The zero-order valence-electron chi connectivity index (χ0n) is 22.4. The van der Waals surface area contributed by atoms with Crippen molar-refractivity contribution in [2.24, 2.45) is 5.92 Å². The van der Waals surface area contributed by atoms with Gasteiger partial charge in [-0.2, -0.15) is 5.10 Å². The lowest BCUT2D eigenvalue weighted by Gasteiger charge is -2.25. The predicted molar refractivity (Wildman–Crippen MR) is 143 cm³/mol. The van der Waals surface area contributed by atoms with Crippen LogP contribution in [0.2, 0.25) is 0 Å². The van der Waals surface area contributed by atoms with Crippen LogP contribution in [-0.2, 0) is 9.53 Å². The summed E-state index contributed by atoms with van der Waals surface area (Å²) < 4.78 is 43.3. The van der Waals surface area contributed by atoms with Gasteiger partial charge in [-0.3, -0.25) is 9.36 Å². The summed E-state index contributed by atoms with van der Waals surface area (Å²) in [4.78, 5) is 25.9. The molecule has 40 heavy (non-hydrogen) atoms. The number of amides is 1. The van der Waals surface area contributed by atoms with Gasteiger partial charge in [-0.25, -0.2) is 28.4 Å². The molecule has 1 aliphatic heterocycles. The highest BCUT2D eigenvalue weighted by Gasteiger charge is 2.32. The van der Waals surface area contributed by atoms with E-state index in [0.717, 1.165) is 25.7 Å². The number of nitrogens with zero attached hydrogens (tertiary/aromatic N) is 6. The molecule has 11 nitrogen and oxygen atoms in total. The quantitative estimate of drug-likeness (QED) is 0.299. The Morgan fingerprint density at radius 1 is 1.12 bits per heavy atom. The molecule has 2 aliphatic rings. The van der Waals surface area contributed by atoms with Crippen molar-refractivity contribution in [2.75, 3.05) is 24.4 Å². The van der Waals surface area contributed by atoms with Crippen molar-refractivity contribution in [1.29, 1.82) is 0 Å². The molecule has 1 unspecified atom stereocenters. The van der Waals surface area contributed by atoms with Crippen molar-refractivity contribution >= 4 is 34.3 Å². The van der Waals surface area contributed by atoms with E-state index in [-0.39, 0.29) is 28.8 Å². The van der Waals surface area contributed by atoms with Gasteiger partial charge in [0.15, 0.2) is 17.2 Å². The summed E-state index contributed by atoms with van der Waals surface area (Å²) in [6.07, 6.45) is 0.392. The van der Waals surface area contributed by atoms with Crippen molar-refractivity contribution in [1.82, 2.24) is 29.3 Å². The molecule has 210 valence electrons. The second-order valence-electron chi connectivity index (χ2n) is 10.1. The van der Waals surface area contributed by atoms with Crippen molar-refractivity contribution in [2.45, 2.75) is 58.6 Å². The van der Waals surface area contributed by atoms with E-state index in [1.165, 1.54) is 11.7 Å². The van der Waals surface area contributed by atoms with Crippen LogP contribution in [0, 0.1) is 19.8 Å². The van der Waals surface area contributed by atoms with Gasteiger partial charge in [0, 0.05) is 18.6 Å². The van der Waals surface area contributed by atoms with Crippen molar-refractivity contribution in [3.63, 3.8) is 0 Å². The lowest BCUT2D eigenvalue weighted by Crippen LogP contribution is -2.21. The number of ether oxygens (including phenoxy) is 2. The number of hydrogen-bond acceptors (Lipinski definition) is 8. The number of aryl methyl sites for hydroxylation is 2. The first-order valence-corrected chi connectivity index (χ1v) is 13.3. The molecule has 1 aliphatic carbocycles. The van der Waals surface area contributed by atoms with Gasteiger partial charge in [0.1, 0.15) is 34.9 Å². The number of carbonyl (C=O) groups excluding carboxylic acids is 1. The molecule has 13 heteroatoms. The molecule has 1 atom stereocenters. The van der Waals surface area contributed by atoms with Crippen LogP contribution in [0.3, 0.4) is 0 Å². The number of hydrogen-bond donors (Lipinski definition) is 2. The number of halogens is 2. The van der Waals surface area contributed by atoms with Crippen LogP contribution in [-0.4, -0.2) is 48.9 Å². The number of nitrogens with one attached hydrogen (secondary N) is 2. The summed E-state index contributed by atoms with van der Waals surface area (Å²) in [5.74, 6) is 1.34. The molecule has 4 heterocycles. The Bertz CT molecular complexity index is 1570. The number of aromatic nitrogens is 6. The monoisotopic (exact) mass is 552 g/mol. The maximum Gasteiger partial charge on any atom is 0.295 e. The predicted octanol–water partition coefficient (Wildman–Crippen LogP) is 5.37. The first-order chi connectivity index (χ1) is 19.3. The molecule has 2 fully saturated rings. The number of carbonyl (C=O) groups is 1. The van der Waals surface area contributed by atoms with Gasteiger partial charge < -0.3 is 20.1 Å². The van der Waals surface area contributed by atoms with Gasteiger partial charge in [0.05, 0.1) is 18.5 Å². The Morgan fingerprint density at radius 2 is 1.95 bits per heavy atom. The fraction of sp³-hybridized carbons (Fsp3) is 0.444. The Hall–Kier alpha value is -4.13. The summed E-state index contributed by atoms with van der Waals surface area (Å²) in [6, 6.07) is 7.07. The van der Waals surface area contributed by atoms with E-state index in [9.17, 15) is 13.6 Å². The van der Waals surface area contributed by atoms with E-state index in [1.807, 2.05) is 19.1 Å². The van der Waals surface area contributed by atoms with Crippen LogP contribution >= 0.6 is 0 Å². The summed E-state index contributed by atoms with van der Waals surface area (Å²) >= 11 is 0. The van der Waals surface area contributed by atoms with E-state index in [4.69, 9.17) is 9.47 Å². The lowest BCUT2D eigenvalue weighted by molar-refractivity contribution is -0.117. The van der Waals surface area contributed by atoms with Crippen LogP contribution in [0.5, 0.6) is 5.75 Å². The Balaban J connectivity index is 1.50. The number of imidazole rings is 1. The first kappa shape index (κ1) is 26.1. The number of para-hydroxylation sites is 1. The van der Waals surface area contributed by atoms with Crippen LogP contribution in [0.25, 0.3) is 16.9 Å².